The topological polar surface area (TPSA) is 17.1 Å². The van der Waals surface area contributed by atoms with Gasteiger partial charge < -0.3 is 0 Å². The second-order valence-corrected chi connectivity index (χ2v) is 4.92. The molecule has 0 aromatic carbocycles. The molecule has 0 N–H and O–H groups in total. The van der Waals surface area contributed by atoms with Gasteiger partial charge in [0, 0.05) is 5.92 Å². The number of hydrogen-bond acceptors (Lipinski definition) is 1. The van der Waals surface area contributed by atoms with Crippen LogP contribution in [0.4, 0.5) is 0 Å². The van der Waals surface area contributed by atoms with Crippen molar-refractivity contribution in [1.82, 2.24) is 0 Å². The largest absolute Gasteiger partial charge is 0.281 e. The molecule has 2 aliphatic rings. The summed E-state index contributed by atoms with van der Waals surface area (Å²) >= 11 is 5.64. The Kier molecular flexibility index (Phi) is 2.92. The molecule has 2 fully saturated rings. The van der Waals surface area contributed by atoms with Crippen molar-refractivity contribution in [2.45, 2.75) is 44.9 Å². The summed E-state index contributed by atoms with van der Waals surface area (Å²) in [5, 5.41) is -0.0726. The van der Waals surface area contributed by atoms with Gasteiger partial charge in [-0.15, -0.1) is 0 Å². The quantitative estimate of drug-likeness (QED) is 0.594. The zero-order valence-corrected chi connectivity index (χ0v) is 8.72. The van der Waals surface area contributed by atoms with Crippen LogP contribution >= 0.6 is 11.6 Å². The van der Waals surface area contributed by atoms with Crippen molar-refractivity contribution in [2.75, 3.05) is 0 Å². The number of halogens is 1. The van der Waals surface area contributed by atoms with Crippen LogP contribution < -0.4 is 0 Å². The van der Waals surface area contributed by atoms with Crippen LogP contribution in [0.2, 0.25) is 0 Å². The van der Waals surface area contributed by atoms with Crippen LogP contribution in [0.15, 0.2) is 0 Å². The highest BCUT2D eigenvalue weighted by atomic mass is 35.5. The number of carbonyl (C=O) groups excluding carboxylic acids is 1. The Bertz CT molecular complexity index is 200. The molecule has 0 amide bonds. The molecule has 0 aromatic rings. The Morgan fingerprint density at radius 3 is 2.46 bits per heavy atom. The molecule has 0 bridgehead atoms. The van der Waals surface area contributed by atoms with Crippen LogP contribution in [-0.4, -0.2) is 5.24 Å². The SMILES string of the molecule is O=C(Cl)C1CCC[C@H]2CCCC[C@@H]12. The van der Waals surface area contributed by atoms with Gasteiger partial charge in [-0.25, -0.2) is 0 Å². The fourth-order valence-electron chi connectivity index (χ4n) is 3.22. The van der Waals surface area contributed by atoms with E-state index in [9.17, 15) is 4.79 Å². The Morgan fingerprint density at radius 1 is 1.00 bits per heavy atom. The van der Waals surface area contributed by atoms with Gasteiger partial charge in [0.1, 0.15) is 0 Å². The lowest BCUT2D eigenvalue weighted by Crippen LogP contribution is -2.33. The number of hydrogen-bond donors (Lipinski definition) is 0. The molecule has 0 radical (unpaired) electrons. The summed E-state index contributed by atoms with van der Waals surface area (Å²) in [5.41, 5.74) is 0. The molecule has 0 aliphatic heterocycles. The second kappa shape index (κ2) is 4.00. The van der Waals surface area contributed by atoms with E-state index >= 15 is 0 Å². The van der Waals surface area contributed by atoms with Crippen LogP contribution in [0.5, 0.6) is 0 Å². The average molecular weight is 201 g/mol. The first-order valence-corrected chi connectivity index (χ1v) is 5.86. The first-order valence-electron chi connectivity index (χ1n) is 5.48. The molecule has 74 valence electrons. The standard InChI is InChI=1S/C11H17ClO/c12-11(13)10-7-3-5-8-4-1-2-6-9(8)10/h8-10H,1-7H2/t8-,9-,10?/m1/s1. The molecule has 13 heavy (non-hydrogen) atoms. The lowest BCUT2D eigenvalue weighted by molar-refractivity contribution is -0.119. The van der Waals surface area contributed by atoms with Crippen molar-refractivity contribution >= 4 is 16.8 Å². The summed E-state index contributed by atoms with van der Waals surface area (Å²) in [5.74, 6) is 1.64. The molecule has 1 unspecified atom stereocenters. The molecule has 2 aliphatic carbocycles. The maximum atomic E-state index is 11.2. The van der Waals surface area contributed by atoms with Crippen LogP contribution in [0.25, 0.3) is 0 Å². The zero-order valence-electron chi connectivity index (χ0n) is 7.97. The highest BCUT2D eigenvalue weighted by Crippen LogP contribution is 2.44. The lowest BCUT2D eigenvalue weighted by Gasteiger charge is -2.39. The molecule has 0 aromatic heterocycles. The van der Waals surface area contributed by atoms with Crippen molar-refractivity contribution in [3.05, 3.63) is 0 Å². The Labute approximate surface area is 84.8 Å². The Hall–Kier alpha value is -0.0400. The fraction of sp³-hybridized carbons (Fsp3) is 0.909. The minimum absolute atomic E-state index is 0.0726. The summed E-state index contributed by atoms with van der Waals surface area (Å²) in [6, 6.07) is 0. The normalized spacial score (nSPS) is 39.6. The van der Waals surface area contributed by atoms with Gasteiger partial charge in [0.2, 0.25) is 5.24 Å². The third-order valence-corrected chi connectivity index (χ3v) is 4.15. The molecular weight excluding hydrogens is 184 g/mol. The van der Waals surface area contributed by atoms with Crippen LogP contribution in [0.3, 0.4) is 0 Å². The summed E-state index contributed by atoms with van der Waals surface area (Å²) in [6.07, 6.45) is 8.85. The molecule has 2 rings (SSSR count). The van der Waals surface area contributed by atoms with E-state index in [0.717, 1.165) is 12.3 Å². The van der Waals surface area contributed by atoms with Crippen LogP contribution in [0.1, 0.15) is 44.9 Å². The van der Waals surface area contributed by atoms with E-state index in [1.807, 2.05) is 0 Å². The predicted octanol–water partition coefficient (Wildman–Crippen LogP) is 3.36. The summed E-state index contributed by atoms with van der Waals surface area (Å²) < 4.78 is 0. The lowest BCUT2D eigenvalue weighted by atomic mass is 9.66. The van der Waals surface area contributed by atoms with Gasteiger partial charge in [-0.2, -0.15) is 0 Å². The molecule has 1 nitrogen and oxygen atoms in total. The van der Waals surface area contributed by atoms with Gasteiger partial charge >= 0.3 is 0 Å². The van der Waals surface area contributed by atoms with Gasteiger partial charge in [-0.05, 0) is 36.3 Å². The van der Waals surface area contributed by atoms with Crippen molar-refractivity contribution in [2.24, 2.45) is 17.8 Å². The average Bonchev–Trinajstić information content (AvgIpc) is 2.17. The molecule has 0 heterocycles. The van der Waals surface area contributed by atoms with Gasteiger partial charge in [-0.1, -0.05) is 32.1 Å². The maximum absolute atomic E-state index is 11.2. The number of fused-ring (bicyclic) bond motifs is 1. The van der Waals surface area contributed by atoms with E-state index in [2.05, 4.69) is 0 Å². The van der Waals surface area contributed by atoms with E-state index in [4.69, 9.17) is 11.6 Å². The van der Waals surface area contributed by atoms with Gasteiger partial charge in [0.25, 0.3) is 0 Å². The third-order valence-electron chi connectivity index (χ3n) is 3.87. The number of rotatable bonds is 1. The van der Waals surface area contributed by atoms with Crippen LogP contribution in [0, 0.1) is 17.8 Å². The van der Waals surface area contributed by atoms with Crippen LogP contribution in [-0.2, 0) is 4.79 Å². The van der Waals surface area contributed by atoms with Crippen molar-refractivity contribution < 1.29 is 4.79 Å². The van der Waals surface area contributed by atoms with E-state index in [0.29, 0.717) is 5.92 Å². The Balaban J connectivity index is 2.06. The molecule has 2 saturated carbocycles. The van der Waals surface area contributed by atoms with E-state index in [1.54, 1.807) is 0 Å². The monoisotopic (exact) mass is 200 g/mol. The smallest absolute Gasteiger partial charge is 0.225 e. The second-order valence-electron chi connectivity index (χ2n) is 4.55. The Morgan fingerprint density at radius 2 is 1.69 bits per heavy atom. The summed E-state index contributed by atoms with van der Waals surface area (Å²) in [6.45, 7) is 0. The summed E-state index contributed by atoms with van der Waals surface area (Å²) in [4.78, 5) is 11.2. The first-order chi connectivity index (χ1) is 6.29. The first kappa shape index (κ1) is 9.51. The third kappa shape index (κ3) is 1.90. The highest BCUT2D eigenvalue weighted by molar-refractivity contribution is 6.64. The predicted molar refractivity (Wildman–Crippen MR) is 53.6 cm³/mol. The molecular formula is C11H17ClO. The van der Waals surface area contributed by atoms with Gasteiger partial charge in [-0.3, -0.25) is 4.79 Å². The van der Waals surface area contributed by atoms with E-state index in [-0.39, 0.29) is 11.2 Å². The number of carbonyl (C=O) groups is 1. The van der Waals surface area contributed by atoms with Crippen molar-refractivity contribution in [3.8, 4) is 0 Å². The van der Waals surface area contributed by atoms with Crippen molar-refractivity contribution in [3.63, 3.8) is 0 Å². The summed E-state index contributed by atoms with van der Waals surface area (Å²) in [7, 11) is 0. The minimum Gasteiger partial charge on any atom is -0.281 e. The van der Waals surface area contributed by atoms with E-state index in [1.165, 1.54) is 38.5 Å². The van der Waals surface area contributed by atoms with Gasteiger partial charge in [0.05, 0.1) is 0 Å². The maximum Gasteiger partial charge on any atom is 0.225 e. The van der Waals surface area contributed by atoms with Gasteiger partial charge in [0.15, 0.2) is 0 Å². The van der Waals surface area contributed by atoms with Crippen molar-refractivity contribution in [1.29, 1.82) is 0 Å². The highest BCUT2D eigenvalue weighted by Gasteiger charge is 2.37. The molecule has 0 saturated heterocycles. The van der Waals surface area contributed by atoms with E-state index < -0.39 is 0 Å². The molecule has 3 atom stereocenters. The molecule has 0 spiro atoms. The zero-order chi connectivity index (χ0) is 9.26. The molecule has 2 heteroatoms. The fourth-order valence-corrected chi connectivity index (χ4v) is 3.49. The minimum atomic E-state index is -0.0726.